The second-order valence-electron chi connectivity index (χ2n) is 4.48. The summed E-state index contributed by atoms with van der Waals surface area (Å²) in [6.07, 6.45) is 0. The van der Waals surface area contributed by atoms with Gasteiger partial charge in [0.25, 0.3) is 0 Å². The lowest BCUT2D eigenvalue weighted by Gasteiger charge is -2.13. The number of aryl methyl sites for hydroxylation is 1. The number of nitrogen functional groups attached to an aromatic ring is 1. The number of anilines is 3. The maximum Gasteiger partial charge on any atom is 0.335 e. The molecule has 0 aliphatic carbocycles. The average Bonchev–Trinajstić information content (AvgIpc) is 2.37. The van der Waals surface area contributed by atoms with Crippen LogP contribution in [0.2, 0.25) is 0 Å². The van der Waals surface area contributed by atoms with Crippen LogP contribution in [0.5, 0.6) is 0 Å². The van der Waals surface area contributed by atoms with Gasteiger partial charge in [-0.1, -0.05) is 12.1 Å². The number of hydrogen-bond acceptors (Lipinski definition) is 3. The number of carbonyl (C=O) groups is 1. The Morgan fingerprint density at radius 3 is 2.53 bits per heavy atom. The summed E-state index contributed by atoms with van der Waals surface area (Å²) in [5.74, 6) is -0.981. The van der Waals surface area contributed by atoms with Gasteiger partial charge in [-0.3, -0.25) is 0 Å². The van der Waals surface area contributed by atoms with Crippen LogP contribution < -0.4 is 11.1 Å². The number of carboxylic acids is 1. The van der Waals surface area contributed by atoms with Gasteiger partial charge < -0.3 is 16.2 Å². The van der Waals surface area contributed by atoms with E-state index >= 15 is 0 Å². The largest absolute Gasteiger partial charge is 0.478 e. The fourth-order valence-corrected chi connectivity index (χ4v) is 1.84. The van der Waals surface area contributed by atoms with Crippen LogP contribution in [0.1, 0.15) is 21.5 Å². The molecular formula is C15H16N2O2. The van der Waals surface area contributed by atoms with Crippen LogP contribution in [-0.2, 0) is 0 Å². The standard InChI is InChI=1S/C15H16N2O2/c1-9-4-3-5-13(10(9)2)17-14-7-6-11(15(18)19)8-12(14)16/h3-8,17H,16H2,1-2H3,(H,18,19). The predicted molar refractivity (Wildman–Crippen MR) is 77.0 cm³/mol. The maximum atomic E-state index is 10.8. The van der Waals surface area contributed by atoms with Crippen LogP contribution >= 0.6 is 0 Å². The van der Waals surface area contributed by atoms with E-state index in [0.29, 0.717) is 11.4 Å². The van der Waals surface area contributed by atoms with Crippen LogP contribution in [0.3, 0.4) is 0 Å². The summed E-state index contributed by atoms with van der Waals surface area (Å²) in [6, 6.07) is 10.6. The second-order valence-corrected chi connectivity index (χ2v) is 4.48. The van der Waals surface area contributed by atoms with Crippen molar-refractivity contribution in [3.8, 4) is 0 Å². The summed E-state index contributed by atoms with van der Waals surface area (Å²) < 4.78 is 0. The van der Waals surface area contributed by atoms with E-state index in [1.54, 1.807) is 6.07 Å². The van der Waals surface area contributed by atoms with Gasteiger partial charge in [-0.15, -0.1) is 0 Å². The minimum Gasteiger partial charge on any atom is -0.478 e. The van der Waals surface area contributed by atoms with E-state index in [4.69, 9.17) is 10.8 Å². The first kappa shape index (κ1) is 13.0. The zero-order valence-corrected chi connectivity index (χ0v) is 10.9. The van der Waals surface area contributed by atoms with Gasteiger partial charge in [0.15, 0.2) is 0 Å². The van der Waals surface area contributed by atoms with Crippen molar-refractivity contribution in [1.82, 2.24) is 0 Å². The van der Waals surface area contributed by atoms with Crippen molar-refractivity contribution in [2.45, 2.75) is 13.8 Å². The molecule has 98 valence electrons. The molecule has 0 spiro atoms. The minimum atomic E-state index is -0.981. The van der Waals surface area contributed by atoms with E-state index in [-0.39, 0.29) is 5.56 Å². The highest BCUT2D eigenvalue weighted by molar-refractivity contribution is 5.91. The van der Waals surface area contributed by atoms with E-state index in [0.717, 1.165) is 11.3 Å². The molecule has 2 aromatic carbocycles. The Balaban J connectivity index is 2.34. The first-order chi connectivity index (χ1) is 8.99. The van der Waals surface area contributed by atoms with Crippen molar-refractivity contribution in [3.63, 3.8) is 0 Å². The van der Waals surface area contributed by atoms with Crippen LogP contribution in [0.25, 0.3) is 0 Å². The van der Waals surface area contributed by atoms with Crippen molar-refractivity contribution in [3.05, 3.63) is 53.1 Å². The SMILES string of the molecule is Cc1cccc(Nc2ccc(C(=O)O)cc2N)c1C. The summed E-state index contributed by atoms with van der Waals surface area (Å²) in [6.45, 7) is 4.07. The topological polar surface area (TPSA) is 75.3 Å². The van der Waals surface area contributed by atoms with Crippen LogP contribution in [-0.4, -0.2) is 11.1 Å². The number of benzene rings is 2. The van der Waals surface area contributed by atoms with Gasteiger partial charge in [0, 0.05) is 5.69 Å². The summed E-state index contributed by atoms with van der Waals surface area (Å²) in [4.78, 5) is 10.8. The van der Waals surface area contributed by atoms with Gasteiger partial charge >= 0.3 is 5.97 Å². The van der Waals surface area contributed by atoms with Crippen molar-refractivity contribution in [1.29, 1.82) is 0 Å². The number of rotatable bonds is 3. The average molecular weight is 256 g/mol. The third kappa shape index (κ3) is 2.68. The third-order valence-electron chi connectivity index (χ3n) is 3.17. The fourth-order valence-electron chi connectivity index (χ4n) is 1.84. The molecule has 4 nitrogen and oxygen atoms in total. The lowest BCUT2D eigenvalue weighted by molar-refractivity contribution is 0.0697. The van der Waals surface area contributed by atoms with Gasteiger partial charge in [0.05, 0.1) is 16.9 Å². The number of nitrogens with one attached hydrogen (secondary N) is 1. The number of aromatic carboxylic acids is 1. The molecule has 0 aliphatic heterocycles. The lowest BCUT2D eigenvalue weighted by atomic mass is 10.1. The molecule has 0 unspecified atom stereocenters. The molecule has 19 heavy (non-hydrogen) atoms. The summed E-state index contributed by atoms with van der Waals surface area (Å²) in [5.41, 5.74) is 10.5. The van der Waals surface area contributed by atoms with Gasteiger partial charge in [-0.2, -0.15) is 0 Å². The molecule has 4 N–H and O–H groups in total. The summed E-state index contributed by atoms with van der Waals surface area (Å²) in [5, 5.41) is 12.1. The first-order valence-electron chi connectivity index (χ1n) is 5.95. The van der Waals surface area contributed by atoms with Crippen molar-refractivity contribution >= 4 is 23.0 Å². The maximum absolute atomic E-state index is 10.8. The van der Waals surface area contributed by atoms with Crippen molar-refractivity contribution in [2.24, 2.45) is 0 Å². The summed E-state index contributed by atoms with van der Waals surface area (Å²) in [7, 11) is 0. The van der Waals surface area contributed by atoms with Crippen LogP contribution in [0, 0.1) is 13.8 Å². The molecule has 0 heterocycles. The van der Waals surface area contributed by atoms with Gasteiger partial charge in [-0.25, -0.2) is 4.79 Å². The zero-order valence-electron chi connectivity index (χ0n) is 10.9. The molecule has 0 fully saturated rings. The predicted octanol–water partition coefficient (Wildman–Crippen LogP) is 3.33. The van der Waals surface area contributed by atoms with Crippen molar-refractivity contribution < 1.29 is 9.90 Å². The molecule has 2 rings (SSSR count). The molecule has 0 bridgehead atoms. The molecule has 4 heteroatoms. The van der Waals surface area contributed by atoms with Gasteiger partial charge in [-0.05, 0) is 49.2 Å². The van der Waals surface area contributed by atoms with E-state index in [9.17, 15) is 4.79 Å². The molecule has 0 amide bonds. The third-order valence-corrected chi connectivity index (χ3v) is 3.17. The number of nitrogens with two attached hydrogens (primary N) is 1. The van der Waals surface area contributed by atoms with E-state index in [2.05, 4.69) is 5.32 Å². The fraction of sp³-hybridized carbons (Fsp3) is 0.133. The van der Waals surface area contributed by atoms with Gasteiger partial charge in [0.2, 0.25) is 0 Å². The Morgan fingerprint density at radius 2 is 1.89 bits per heavy atom. The molecule has 0 radical (unpaired) electrons. The normalized spacial score (nSPS) is 10.2. The molecule has 0 saturated carbocycles. The van der Waals surface area contributed by atoms with E-state index < -0.39 is 5.97 Å². The number of hydrogen-bond donors (Lipinski definition) is 3. The highest BCUT2D eigenvalue weighted by Gasteiger charge is 2.07. The Morgan fingerprint density at radius 1 is 1.16 bits per heavy atom. The Hall–Kier alpha value is -2.49. The van der Waals surface area contributed by atoms with Gasteiger partial charge in [0.1, 0.15) is 0 Å². The summed E-state index contributed by atoms with van der Waals surface area (Å²) >= 11 is 0. The van der Waals surface area contributed by atoms with Crippen LogP contribution in [0.4, 0.5) is 17.1 Å². The highest BCUT2D eigenvalue weighted by Crippen LogP contribution is 2.27. The monoisotopic (exact) mass is 256 g/mol. The smallest absolute Gasteiger partial charge is 0.335 e. The first-order valence-corrected chi connectivity index (χ1v) is 5.95. The second kappa shape index (κ2) is 5.02. The Labute approximate surface area is 111 Å². The minimum absolute atomic E-state index is 0.184. The number of carboxylic acid groups (broad SMARTS) is 1. The van der Waals surface area contributed by atoms with E-state index in [1.807, 2.05) is 32.0 Å². The molecule has 2 aromatic rings. The quantitative estimate of drug-likeness (QED) is 0.736. The lowest BCUT2D eigenvalue weighted by Crippen LogP contribution is -2.02. The molecule has 0 aromatic heterocycles. The molecule has 0 atom stereocenters. The zero-order chi connectivity index (χ0) is 14.0. The van der Waals surface area contributed by atoms with Crippen LogP contribution in [0.15, 0.2) is 36.4 Å². The highest BCUT2D eigenvalue weighted by atomic mass is 16.4. The Bertz CT molecular complexity index is 636. The molecule has 0 saturated heterocycles. The molecule has 0 aliphatic rings. The molecular weight excluding hydrogens is 240 g/mol. The van der Waals surface area contributed by atoms with Crippen molar-refractivity contribution in [2.75, 3.05) is 11.1 Å². The Kier molecular flexibility index (Phi) is 3.42. The van der Waals surface area contributed by atoms with E-state index in [1.165, 1.54) is 17.7 Å².